The molecule has 3 aromatic rings. The normalized spacial score (nSPS) is 14.2. The second-order valence-corrected chi connectivity index (χ2v) is 11.3. The largest absolute Gasteiger partial charge is 0.489 e. The van der Waals surface area contributed by atoms with E-state index >= 15 is 0 Å². The van der Waals surface area contributed by atoms with E-state index in [2.05, 4.69) is 16.3 Å². The number of sulfonamides is 1. The van der Waals surface area contributed by atoms with E-state index in [1.807, 2.05) is 48.5 Å². The first-order valence-electron chi connectivity index (χ1n) is 12.7. The Labute approximate surface area is 220 Å². The van der Waals surface area contributed by atoms with Gasteiger partial charge in [-0.1, -0.05) is 61.0 Å². The maximum Gasteiger partial charge on any atom is 0.241 e. The van der Waals surface area contributed by atoms with Crippen LogP contribution >= 0.6 is 0 Å². The van der Waals surface area contributed by atoms with E-state index in [1.165, 1.54) is 24.8 Å². The molecule has 0 atom stereocenters. The quantitative estimate of drug-likeness (QED) is 0.406. The molecular weight excluding hydrogens is 486 g/mol. The van der Waals surface area contributed by atoms with Crippen molar-refractivity contribution in [3.8, 4) is 5.75 Å². The Hall–Kier alpha value is -3.36. The highest BCUT2D eigenvalue weighted by molar-refractivity contribution is 7.92. The molecular formula is C29H35N3O4S. The Bertz CT molecular complexity index is 1260. The van der Waals surface area contributed by atoms with Crippen LogP contribution in [0.25, 0.3) is 0 Å². The Morgan fingerprint density at radius 1 is 0.892 bits per heavy atom. The molecule has 1 saturated heterocycles. The van der Waals surface area contributed by atoms with Crippen molar-refractivity contribution in [2.45, 2.75) is 39.0 Å². The van der Waals surface area contributed by atoms with Crippen LogP contribution in [0.4, 0.5) is 5.69 Å². The predicted molar refractivity (Wildman–Crippen MR) is 147 cm³/mol. The molecule has 1 fully saturated rings. The number of ether oxygens (including phenoxy) is 1. The van der Waals surface area contributed by atoms with Crippen LogP contribution in [0, 0.1) is 0 Å². The number of piperidine rings is 1. The fraction of sp³-hybridized carbons (Fsp3) is 0.345. The first kappa shape index (κ1) is 26.7. The number of likely N-dealkylation sites (tertiary alicyclic amines) is 1. The highest BCUT2D eigenvalue weighted by atomic mass is 32.2. The van der Waals surface area contributed by atoms with Gasteiger partial charge in [-0.3, -0.25) is 14.0 Å². The molecule has 1 heterocycles. The summed E-state index contributed by atoms with van der Waals surface area (Å²) in [4.78, 5) is 15.3. The van der Waals surface area contributed by atoms with E-state index in [4.69, 9.17) is 4.74 Å². The van der Waals surface area contributed by atoms with Crippen molar-refractivity contribution in [1.82, 2.24) is 10.2 Å². The fourth-order valence-electron chi connectivity index (χ4n) is 4.47. The van der Waals surface area contributed by atoms with E-state index in [-0.39, 0.29) is 12.5 Å². The number of amides is 1. The average molecular weight is 522 g/mol. The molecule has 0 aromatic heterocycles. The average Bonchev–Trinajstić information content (AvgIpc) is 2.91. The van der Waals surface area contributed by atoms with E-state index in [1.54, 1.807) is 24.3 Å². The smallest absolute Gasteiger partial charge is 0.241 e. The number of hydrogen-bond donors (Lipinski definition) is 1. The third-order valence-corrected chi connectivity index (χ3v) is 7.64. The first-order valence-corrected chi connectivity index (χ1v) is 14.5. The molecule has 0 bridgehead atoms. The van der Waals surface area contributed by atoms with Crippen LogP contribution in [0.3, 0.4) is 0 Å². The summed E-state index contributed by atoms with van der Waals surface area (Å²) in [7, 11) is -3.67. The number of rotatable bonds is 11. The summed E-state index contributed by atoms with van der Waals surface area (Å²) in [6.45, 7) is 3.53. The van der Waals surface area contributed by atoms with Crippen molar-refractivity contribution in [2.75, 3.05) is 30.2 Å². The lowest BCUT2D eigenvalue weighted by Crippen LogP contribution is -2.40. The monoisotopic (exact) mass is 521 g/mol. The van der Waals surface area contributed by atoms with Crippen molar-refractivity contribution in [1.29, 1.82) is 0 Å². The molecule has 0 spiro atoms. The molecule has 37 heavy (non-hydrogen) atoms. The molecule has 0 unspecified atom stereocenters. The molecule has 4 rings (SSSR count). The summed E-state index contributed by atoms with van der Waals surface area (Å²) in [6, 6.07) is 24.6. The van der Waals surface area contributed by atoms with Crippen molar-refractivity contribution in [3.05, 3.63) is 95.6 Å². The number of carbonyl (C=O) groups is 1. The molecule has 3 aromatic carbocycles. The first-order chi connectivity index (χ1) is 17.9. The Morgan fingerprint density at radius 2 is 1.54 bits per heavy atom. The van der Waals surface area contributed by atoms with E-state index in [0.717, 1.165) is 41.3 Å². The molecule has 7 nitrogen and oxygen atoms in total. The summed E-state index contributed by atoms with van der Waals surface area (Å²) in [6.07, 6.45) is 4.84. The van der Waals surface area contributed by atoms with Gasteiger partial charge in [0.1, 0.15) is 18.9 Å². The lowest BCUT2D eigenvalue weighted by molar-refractivity contribution is -0.119. The van der Waals surface area contributed by atoms with E-state index < -0.39 is 10.0 Å². The third-order valence-electron chi connectivity index (χ3n) is 6.50. The van der Waals surface area contributed by atoms with E-state index in [0.29, 0.717) is 24.6 Å². The molecule has 1 amide bonds. The molecule has 0 saturated carbocycles. The highest BCUT2D eigenvalue weighted by Crippen LogP contribution is 2.22. The number of nitrogens with zero attached hydrogens (tertiary/aromatic N) is 2. The van der Waals surface area contributed by atoms with Crippen LogP contribution in [0.1, 0.15) is 36.0 Å². The van der Waals surface area contributed by atoms with E-state index in [9.17, 15) is 13.2 Å². The molecule has 196 valence electrons. The minimum atomic E-state index is -3.67. The van der Waals surface area contributed by atoms with Crippen molar-refractivity contribution in [3.63, 3.8) is 0 Å². The maximum atomic E-state index is 12.8. The summed E-state index contributed by atoms with van der Waals surface area (Å²) in [5.41, 5.74) is 3.69. The van der Waals surface area contributed by atoms with Gasteiger partial charge in [0.2, 0.25) is 15.9 Å². The Balaban J connectivity index is 1.35. The van der Waals surface area contributed by atoms with Crippen molar-refractivity contribution >= 4 is 21.6 Å². The zero-order valence-electron chi connectivity index (χ0n) is 21.3. The molecule has 1 N–H and O–H groups in total. The standard InChI is InChI=1S/C29H35N3O4S/c1-37(34,35)32(27-14-16-28(17-15-27)36-23-24-10-4-2-5-11-24)22-29(33)30-20-25-12-6-7-13-26(25)21-31-18-8-3-9-19-31/h2,4-7,10-17H,3,8-9,18-23H2,1H3,(H,30,33). The van der Waals surface area contributed by atoms with Gasteiger partial charge in [-0.05, 0) is 66.9 Å². The third kappa shape index (κ3) is 8.06. The van der Waals surface area contributed by atoms with Crippen LogP contribution in [0.2, 0.25) is 0 Å². The highest BCUT2D eigenvalue weighted by Gasteiger charge is 2.21. The zero-order chi connectivity index (χ0) is 26.1. The maximum absolute atomic E-state index is 12.8. The summed E-state index contributed by atoms with van der Waals surface area (Å²) < 4.78 is 32.0. The van der Waals surface area contributed by atoms with Crippen LogP contribution in [-0.4, -0.2) is 45.1 Å². The fourth-order valence-corrected chi connectivity index (χ4v) is 5.33. The van der Waals surface area contributed by atoms with Gasteiger partial charge < -0.3 is 10.1 Å². The molecule has 1 aliphatic rings. The predicted octanol–water partition coefficient (Wildman–Crippen LogP) is 4.33. The lowest BCUT2D eigenvalue weighted by Gasteiger charge is -2.27. The SMILES string of the molecule is CS(=O)(=O)N(CC(=O)NCc1ccccc1CN1CCCCC1)c1ccc(OCc2ccccc2)cc1. The molecule has 0 radical (unpaired) electrons. The van der Waals surface area contributed by atoms with Gasteiger partial charge in [0, 0.05) is 13.1 Å². The molecule has 8 heteroatoms. The second-order valence-electron chi connectivity index (χ2n) is 9.42. The van der Waals surface area contributed by atoms with Crippen molar-refractivity contribution < 1.29 is 17.9 Å². The summed E-state index contributed by atoms with van der Waals surface area (Å²) in [5, 5.41) is 2.91. The zero-order valence-corrected chi connectivity index (χ0v) is 22.1. The van der Waals surface area contributed by atoms with Gasteiger partial charge in [-0.2, -0.15) is 0 Å². The topological polar surface area (TPSA) is 79.0 Å². The number of carbonyl (C=O) groups excluding carboxylic acids is 1. The Kier molecular flexibility index (Phi) is 9.19. The number of benzene rings is 3. The van der Waals surface area contributed by atoms with Gasteiger partial charge >= 0.3 is 0 Å². The minimum Gasteiger partial charge on any atom is -0.489 e. The van der Waals surface area contributed by atoms with Gasteiger partial charge in [-0.25, -0.2) is 8.42 Å². The van der Waals surface area contributed by atoms with Gasteiger partial charge in [-0.15, -0.1) is 0 Å². The van der Waals surface area contributed by atoms with Crippen LogP contribution in [-0.2, 0) is 34.5 Å². The summed E-state index contributed by atoms with van der Waals surface area (Å²) in [5.74, 6) is 0.262. The van der Waals surface area contributed by atoms with Gasteiger partial charge in [0.25, 0.3) is 0 Å². The molecule has 1 aliphatic heterocycles. The molecule has 0 aliphatic carbocycles. The lowest BCUT2D eigenvalue weighted by atomic mass is 10.0. The number of nitrogens with one attached hydrogen (secondary N) is 1. The number of anilines is 1. The minimum absolute atomic E-state index is 0.294. The van der Waals surface area contributed by atoms with Crippen LogP contribution < -0.4 is 14.4 Å². The Morgan fingerprint density at radius 3 is 2.22 bits per heavy atom. The van der Waals surface area contributed by atoms with Crippen LogP contribution in [0.5, 0.6) is 5.75 Å². The van der Waals surface area contributed by atoms with Crippen LogP contribution in [0.15, 0.2) is 78.9 Å². The van der Waals surface area contributed by atoms with Gasteiger partial charge in [0.15, 0.2) is 0 Å². The van der Waals surface area contributed by atoms with Gasteiger partial charge in [0.05, 0.1) is 11.9 Å². The second kappa shape index (κ2) is 12.7. The summed E-state index contributed by atoms with van der Waals surface area (Å²) >= 11 is 0. The number of hydrogen-bond acceptors (Lipinski definition) is 5. The van der Waals surface area contributed by atoms with Crippen molar-refractivity contribution in [2.24, 2.45) is 0 Å².